The van der Waals surface area contributed by atoms with Gasteiger partial charge < -0.3 is 9.47 Å². The van der Waals surface area contributed by atoms with Crippen LogP contribution >= 0.6 is 0 Å². The lowest BCUT2D eigenvalue weighted by molar-refractivity contribution is -0.144. The van der Waals surface area contributed by atoms with Crippen molar-refractivity contribution in [2.75, 3.05) is 14.1 Å². The van der Waals surface area contributed by atoms with E-state index in [1.807, 2.05) is 11.5 Å². The van der Waals surface area contributed by atoms with Gasteiger partial charge in [-0.15, -0.1) is 0 Å². The van der Waals surface area contributed by atoms with E-state index in [1.54, 1.807) is 62.1 Å². The first kappa shape index (κ1) is 25.9. The zero-order valence-corrected chi connectivity index (χ0v) is 21.2. The van der Waals surface area contributed by atoms with Gasteiger partial charge in [0.05, 0.1) is 24.0 Å². The summed E-state index contributed by atoms with van der Waals surface area (Å²) in [5.41, 5.74) is 2.47. The van der Waals surface area contributed by atoms with Crippen LogP contribution < -0.4 is 0 Å². The molecule has 5 aromatic rings. The molecule has 0 amide bonds. The Kier molecular flexibility index (Phi) is 6.81. The van der Waals surface area contributed by atoms with Crippen LogP contribution in [-0.4, -0.2) is 59.6 Å². The van der Waals surface area contributed by atoms with E-state index in [4.69, 9.17) is 0 Å². The fourth-order valence-electron chi connectivity index (χ4n) is 4.28. The summed E-state index contributed by atoms with van der Waals surface area (Å²) in [5.74, 6) is -1.31. The first-order valence-electron chi connectivity index (χ1n) is 11.9. The Balaban J connectivity index is 1.67. The summed E-state index contributed by atoms with van der Waals surface area (Å²) in [6.45, 7) is 1.98. The van der Waals surface area contributed by atoms with Crippen LogP contribution in [-0.2, 0) is 6.18 Å². The molecule has 4 heterocycles. The van der Waals surface area contributed by atoms with Gasteiger partial charge in [0.1, 0.15) is 23.5 Å². The maximum Gasteiger partial charge on any atom is 0.451 e. The number of halogens is 4. The normalized spacial score (nSPS) is 12.9. The van der Waals surface area contributed by atoms with E-state index in [1.165, 1.54) is 17.1 Å². The third-order valence-corrected chi connectivity index (χ3v) is 6.03. The molecular formula is C26H23F4N9. The fraction of sp³-hybridized carbons (Fsp3) is 0.231. The average molecular weight is 538 g/mol. The minimum Gasteiger partial charge on any atom is -0.369 e. The van der Waals surface area contributed by atoms with Crippen molar-refractivity contribution in [3.05, 3.63) is 78.8 Å². The SMILES string of the molecule is CCC(c1cnn(-c2ccccc2F)c1)n1cc(-c2cnc(C(F)(F)F)nc2)c2c(N=CN(C)C)ncnc21. The highest BCUT2D eigenvalue weighted by Crippen LogP contribution is 2.38. The van der Waals surface area contributed by atoms with Crippen LogP contribution in [0.5, 0.6) is 0 Å². The topological polar surface area (TPSA) is 89.9 Å². The Bertz CT molecular complexity index is 1640. The van der Waals surface area contributed by atoms with Gasteiger partial charge in [0, 0.05) is 55.6 Å². The van der Waals surface area contributed by atoms with Gasteiger partial charge >= 0.3 is 6.18 Å². The molecule has 0 aliphatic carbocycles. The Labute approximate surface area is 220 Å². The van der Waals surface area contributed by atoms with Crippen molar-refractivity contribution >= 4 is 23.2 Å². The molecule has 0 saturated heterocycles. The molecule has 0 saturated carbocycles. The molecule has 0 spiro atoms. The van der Waals surface area contributed by atoms with Gasteiger partial charge in [-0.2, -0.15) is 18.3 Å². The van der Waals surface area contributed by atoms with Gasteiger partial charge in [-0.05, 0) is 18.6 Å². The van der Waals surface area contributed by atoms with Gasteiger partial charge in [-0.3, -0.25) is 0 Å². The lowest BCUT2D eigenvalue weighted by Gasteiger charge is -2.16. The van der Waals surface area contributed by atoms with Crippen LogP contribution in [0.25, 0.3) is 27.8 Å². The number of alkyl halides is 3. The molecular weight excluding hydrogens is 514 g/mol. The van der Waals surface area contributed by atoms with Gasteiger partial charge in [0.2, 0.25) is 5.82 Å². The molecule has 39 heavy (non-hydrogen) atoms. The number of fused-ring (bicyclic) bond motifs is 1. The monoisotopic (exact) mass is 537 g/mol. The second-order valence-corrected chi connectivity index (χ2v) is 8.94. The van der Waals surface area contributed by atoms with Crippen LogP contribution in [0.15, 0.2) is 66.6 Å². The Morgan fingerprint density at radius 3 is 2.44 bits per heavy atom. The average Bonchev–Trinajstić information content (AvgIpc) is 3.54. The molecule has 0 aliphatic rings. The molecule has 0 radical (unpaired) electrons. The second-order valence-electron chi connectivity index (χ2n) is 8.94. The minimum absolute atomic E-state index is 0.294. The summed E-state index contributed by atoms with van der Waals surface area (Å²) in [5, 5.41) is 4.89. The third kappa shape index (κ3) is 5.07. The minimum atomic E-state index is -4.66. The van der Waals surface area contributed by atoms with Crippen molar-refractivity contribution in [3.8, 4) is 16.8 Å². The molecule has 1 atom stereocenters. The number of benzene rings is 1. The summed E-state index contributed by atoms with van der Waals surface area (Å²) >= 11 is 0. The smallest absolute Gasteiger partial charge is 0.369 e. The highest BCUT2D eigenvalue weighted by molar-refractivity contribution is 6.01. The molecule has 200 valence electrons. The number of aliphatic imine (C=N–C) groups is 1. The number of aromatic nitrogens is 7. The maximum atomic E-state index is 14.4. The second kappa shape index (κ2) is 10.2. The standard InChI is InChI=1S/C26H23F4N9/c1-4-20(17-11-36-39(12-17)21-8-6-5-7-19(21)27)38-13-18(16-9-31-25(32-10-16)26(28,29)30)22-23(35-15-37(2)3)33-14-34-24(22)38/h5-15,20H,4H2,1-3H3. The Hall–Kier alpha value is -4.68. The summed E-state index contributed by atoms with van der Waals surface area (Å²) in [6.07, 6.45) is 6.31. The number of hydrogen-bond acceptors (Lipinski definition) is 6. The van der Waals surface area contributed by atoms with Crippen LogP contribution in [0.1, 0.15) is 30.8 Å². The third-order valence-electron chi connectivity index (χ3n) is 6.03. The van der Waals surface area contributed by atoms with E-state index < -0.39 is 17.8 Å². The predicted octanol–water partition coefficient (Wildman–Crippen LogP) is 5.45. The van der Waals surface area contributed by atoms with E-state index in [2.05, 4.69) is 30.0 Å². The molecule has 0 fully saturated rings. The molecule has 4 aromatic heterocycles. The predicted molar refractivity (Wildman–Crippen MR) is 137 cm³/mol. The van der Waals surface area contributed by atoms with Crippen molar-refractivity contribution in [2.45, 2.75) is 25.6 Å². The largest absolute Gasteiger partial charge is 0.451 e. The van der Waals surface area contributed by atoms with Crippen molar-refractivity contribution in [1.82, 2.24) is 39.2 Å². The zero-order chi connectivity index (χ0) is 27.7. The number of rotatable bonds is 7. The van der Waals surface area contributed by atoms with E-state index >= 15 is 0 Å². The van der Waals surface area contributed by atoms with Gasteiger partial charge in [-0.1, -0.05) is 19.1 Å². The van der Waals surface area contributed by atoms with E-state index in [0.717, 1.165) is 18.0 Å². The van der Waals surface area contributed by atoms with Crippen molar-refractivity contribution in [1.29, 1.82) is 0 Å². The maximum absolute atomic E-state index is 14.4. The van der Waals surface area contributed by atoms with E-state index in [9.17, 15) is 17.6 Å². The summed E-state index contributed by atoms with van der Waals surface area (Å²) < 4.78 is 57.0. The summed E-state index contributed by atoms with van der Waals surface area (Å²) in [4.78, 5) is 22.1. The molecule has 0 aliphatic heterocycles. The lowest BCUT2D eigenvalue weighted by atomic mass is 10.1. The molecule has 1 aromatic carbocycles. The number of hydrogen-bond donors (Lipinski definition) is 0. The molecule has 0 bridgehead atoms. The number of nitrogens with zero attached hydrogens (tertiary/aromatic N) is 9. The van der Waals surface area contributed by atoms with Crippen LogP contribution in [0.4, 0.5) is 23.4 Å². The fourth-order valence-corrected chi connectivity index (χ4v) is 4.28. The highest BCUT2D eigenvalue weighted by atomic mass is 19.4. The quantitative estimate of drug-likeness (QED) is 0.156. The van der Waals surface area contributed by atoms with E-state index in [0.29, 0.717) is 40.1 Å². The van der Waals surface area contributed by atoms with Crippen molar-refractivity contribution in [2.24, 2.45) is 4.99 Å². The molecule has 9 nitrogen and oxygen atoms in total. The van der Waals surface area contributed by atoms with Crippen molar-refractivity contribution in [3.63, 3.8) is 0 Å². The molecule has 5 rings (SSSR count). The Morgan fingerprint density at radius 2 is 1.77 bits per heavy atom. The van der Waals surface area contributed by atoms with Gasteiger partial charge in [0.25, 0.3) is 0 Å². The van der Waals surface area contributed by atoms with Crippen LogP contribution in [0.2, 0.25) is 0 Å². The molecule has 0 N–H and O–H groups in total. The van der Waals surface area contributed by atoms with E-state index in [-0.39, 0.29) is 6.04 Å². The Morgan fingerprint density at radius 1 is 1.03 bits per heavy atom. The zero-order valence-electron chi connectivity index (χ0n) is 21.2. The summed E-state index contributed by atoms with van der Waals surface area (Å²) in [6, 6.07) is 6.02. The van der Waals surface area contributed by atoms with Crippen LogP contribution in [0, 0.1) is 5.82 Å². The van der Waals surface area contributed by atoms with Crippen molar-refractivity contribution < 1.29 is 17.6 Å². The van der Waals surface area contributed by atoms with Gasteiger partial charge in [0.15, 0.2) is 5.82 Å². The van der Waals surface area contributed by atoms with Gasteiger partial charge in [-0.25, -0.2) is 34.0 Å². The highest BCUT2D eigenvalue weighted by Gasteiger charge is 2.34. The summed E-state index contributed by atoms with van der Waals surface area (Å²) in [7, 11) is 3.61. The lowest BCUT2D eigenvalue weighted by Crippen LogP contribution is -2.10. The molecule has 13 heteroatoms. The first-order valence-corrected chi connectivity index (χ1v) is 11.9. The first-order chi connectivity index (χ1) is 18.7. The molecule has 1 unspecified atom stereocenters. The number of para-hydroxylation sites is 1. The van der Waals surface area contributed by atoms with Crippen LogP contribution in [0.3, 0.4) is 0 Å².